The van der Waals surface area contributed by atoms with Crippen molar-refractivity contribution in [3.8, 4) is 0 Å². The first-order chi connectivity index (χ1) is 19.8. The molecule has 5 saturated heterocycles. The van der Waals surface area contributed by atoms with Crippen LogP contribution in [0.2, 0.25) is 0 Å². The van der Waals surface area contributed by atoms with E-state index in [1.165, 1.54) is 11.4 Å². The van der Waals surface area contributed by atoms with Crippen molar-refractivity contribution >= 4 is 11.4 Å². The van der Waals surface area contributed by atoms with Crippen LogP contribution < -0.4 is 9.80 Å². The molecule has 5 atom stereocenters. The Morgan fingerprint density at radius 2 is 0.800 bits per heavy atom. The number of hydrogen-bond donors (Lipinski definition) is 0. The van der Waals surface area contributed by atoms with Crippen molar-refractivity contribution in [3.63, 3.8) is 0 Å². The Morgan fingerprint density at radius 3 is 1.00 bits per heavy atom. The molecule has 0 spiro atoms. The van der Waals surface area contributed by atoms with E-state index in [2.05, 4.69) is 58.3 Å². The summed E-state index contributed by atoms with van der Waals surface area (Å²) in [7, 11) is 1.68. The Kier molecular flexibility index (Phi) is 14.8. The molecule has 5 aliphatic heterocycles. The minimum Gasteiger partial charge on any atom is -0.382 e. The highest BCUT2D eigenvalue weighted by molar-refractivity contribution is 5.47. The molecule has 2 aromatic carbocycles. The first-order valence-electron chi connectivity index (χ1n) is 14.9. The van der Waals surface area contributed by atoms with E-state index in [0.29, 0.717) is 30.5 Å². The van der Waals surface area contributed by atoms with Crippen LogP contribution in [0.25, 0.3) is 0 Å². The molecule has 224 valence electrons. The molecular weight excluding hydrogens is 508 g/mol. The van der Waals surface area contributed by atoms with Crippen molar-refractivity contribution in [2.45, 2.75) is 58.2 Å². The molecule has 8 heteroatoms. The normalized spacial score (nSPS) is 25.5. The van der Waals surface area contributed by atoms with Gasteiger partial charge in [-0.3, -0.25) is 0 Å². The van der Waals surface area contributed by atoms with E-state index < -0.39 is 0 Å². The van der Waals surface area contributed by atoms with E-state index in [0.717, 1.165) is 65.8 Å². The van der Waals surface area contributed by atoms with Crippen LogP contribution >= 0.6 is 0 Å². The Balaban J connectivity index is 0.000000167. The molecule has 0 saturated carbocycles. The molecule has 0 bridgehead atoms. The van der Waals surface area contributed by atoms with Crippen LogP contribution in [0.5, 0.6) is 0 Å². The maximum absolute atomic E-state index is 5.28. The summed E-state index contributed by atoms with van der Waals surface area (Å²) in [6, 6.07) is 21.0. The molecule has 0 amide bonds. The first-order valence-corrected chi connectivity index (χ1v) is 14.9. The molecule has 0 N–H and O–H groups in total. The van der Waals surface area contributed by atoms with Gasteiger partial charge in [-0.1, -0.05) is 64.1 Å². The molecule has 5 aliphatic rings. The maximum Gasteiger partial charge on any atom is 0.104 e. The smallest absolute Gasteiger partial charge is 0.104 e. The minimum absolute atomic E-state index is 0.426. The SMILES string of the molecule is CC.CC.COCC1CO1.c1ccc(N(CC2CO2)CC2CO2)cc1.c1ccc(N(CC2CO2)CC2CO2)cc1. The summed E-state index contributed by atoms with van der Waals surface area (Å²) < 4.78 is 30.7. The molecule has 40 heavy (non-hydrogen) atoms. The average Bonchev–Trinajstić information content (AvgIpc) is 3.83. The van der Waals surface area contributed by atoms with Crippen LogP contribution in [0.3, 0.4) is 0 Å². The molecule has 5 fully saturated rings. The highest BCUT2D eigenvalue weighted by Gasteiger charge is 2.31. The fraction of sp³-hybridized carbons (Fsp3) is 0.625. The number of nitrogens with zero attached hydrogens (tertiary/aromatic N) is 2. The molecule has 5 unspecified atom stereocenters. The van der Waals surface area contributed by atoms with Gasteiger partial charge in [0, 0.05) is 44.7 Å². The molecule has 8 nitrogen and oxygen atoms in total. The average molecular weight is 559 g/mol. The number of ether oxygens (including phenoxy) is 6. The van der Waals surface area contributed by atoms with E-state index >= 15 is 0 Å². The summed E-state index contributed by atoms with van der Waals surface area (Å²) in [5.41, 5.74) is 2.53. The third kappa shape index (κ3) is 13.9. The van der Waals surface area contributed by atoms with E-state index in [9.17, 15) is 0 Å². The van der Waals surface area contributed by atoms with E-state index in [4.69, 9.17) is 28.4 Å². The van der Waals surface area contributed by atoms with Crippen LogP contribution in [-0.2, 0) is 28.4 Å². The van der Waals surface area contributed by atoms with Crippen LogP contribution in [0.4, 0.5) is 11.4 Å². The minimum atomic E-state index is 0.426. The lowest BCUT2D eigenvalue weighted by atomic mass is 10.2. The maximum atomic E-state index is 5.28. The Bertz CT molecular complexity index is 789. The monoisotopic (exact) mass is 558 g/mol. The predicted octanol–water partition coefficient (Wildman–Crippen LogP) is 4.67. The molecule has 0 aromatic heterocycles. The third-order valence-corrected chi connectivity index (χ3v) is 6.30. The number of para-hydroxylation sites is 2. The van der Waals surface area contributed by atoms with E-state index in [1.54, 1.807) is 7.11 Å². The third-order valence-electron chi connectivity index (χ3n) is 6.30. The van der Waals surface area contributed by atoms with Crippen molar-refractivity contribution in [2.75, 3.05) is 82.7 Å². The highest BCUT2D eigenvalue weighted by atomic mass is 16.6. The number of epoxide rings is 5. The van der Waals surface area contributed by atoms with Gasteiger partial charge in [0.15, 0.2) is 0 Å². The van der Waals surface area contributed by atoms with Gasteiger partial charge in [0.2, 0.25) is 0 Å². The van der Waals surface area contributed by atoms with Gasteiger partial charge in [-0.05, 0) is 24.3 Å². The lowest BCUT2D eigenvalue weighted by Gasteiger charge is -2.23. The summed E-state index contributed by atoms with van der Waals surface area (Å²) in [5.74, 6) is 0. The summed E-state index contributed by atoms with van der Waals surface area (Å²) in [5, 5.41) is 0. The molecule has 2 aromatic rings. The van der Waals surface area contributed by atoms with Crippen molar-refractivity contribution < 1.29 is 28.4 Å². The van der Waals surface area contributed by atoms with Crippen molar-refractivity contribution in [1.82, 2.24) is 0 Å². The zero-order valence-corrected chi connectivity index (χ0v) is 25.1. The summed E-state index contributed by atoms with van der Waals surface area (Å²) >= 11 is 0. The molecular formula is C32H50N2O6. The van der Waals surface area contributed by atoms with Crippen LogP contribution in [0.1, 0.15) is 27.7 Å². The van der Waals surface area contributed by atoms with E-state index in [-0.39, 0.29) is 0 Å². The molecule has 5 heterocycles. The van der Waals surface area contributed by atoms with Crippen LogP contribution in [0.15, 0.2) is 60.7 Å². The lowest BCUT2D eigenvalue weighted by Crippen LogP contribution is -2.31. The van der Waals surface area contributed by atoms with Gasteiger partial charge in [-0.2, -0.15) is 0 Å². The van der Waals surface area contributed by atoms with Gasteiger partial charge < -0.3 is 38.2 Å². The Labute approximate surface area is 241 Å². The fourth-order valence-corrected chi connectivity index (χ4v) is 3.88. The van der Waals surface area contributed by atoms with Crippen LogP contribution in [0, 0.1) is 0 Å². The topological polar surface area (TPSA) is 78.4 Å². The zero-order valence-electron chi connectivity index (χ0n) is 25.1. The standard InChI is InChI=1S/2C12H15NO2.C4H8O2.2C2H6/c2*1-2-4-10(5-3-1)13(6-11-8-14-11)7-12-9-15-12;1-5-2-4-3-6-4;2*1-2/h2*1-5,11-12H,6-9H2;4H,2-3H2,1H3;2*1-2H3. The van der Waals surface area contributed by atoms with Crippen molar-refractivity contribution in [3.05, 3.63) is 60.7 Å². The number of hydrogen-bond acceptors (Lipinski definition) is 8. The number of anilines is 2. The van der Waals surface area contributed by atoms with Crippen molar-refractivity contribution in [1.29, 1.82) is 0 Å². The Morgan fingerprint density at radius 1 is 0.525 bits per heavy atom. The predicted molar refractivity (Wildman–Crippen MR) is 161 cm³/mol. The number of benzene rings is 2. The zero-order chi connectivity index (χ0) is 28.6. The number of methoxy groups -OCH3 is 1. The second-order valence-corrected chi connectivity index (χ2v) is 9.71. The first kappa shape index (κ1) is 32.3. The summed E-state index contributed by atoms with van der Waals surface area (Å²) in [6.45, 7) is 17.3. The van der Waals surface area contributed by atoms with Crippen LogP contribution in [-0.4, -0.2) is 103 Å². The second kappa shape index (κ2) is 18.3. The lowest BCUT2D eigenvalue weighted by molar-refractivity contribution is 0.171. The number of rotatable bonds is 12. The van der Waals surface area contributed by atoms with Gasteiger partial charge in [0.05, 0.1) is 64.1 Å². The van der Waals surface area contributed by atoms with Gasteiger partial charge in [0.25, 0.3) is 0 Å². The molecule has 0 aliphatic carbocycles. The molecule has 0 radical (unpaired) electrons. The second-order valence-electron chi connectivity index (χ2n) is 9.71. The fourth-order valence-electron chi connectivity index (χ4n) is 3.88. The van der Waals surface area contributed by atoms with Gasteiger partial charge in [0.1, 0.15) is 6.10 Å². The summed E-state index contributed by atoms with van der Waals surface area (Å²) in [6.07, 6.45) is 2.16. The Hall–Kier alpha value is -2.20. The largest absolute Gasteiger partial charge is 0.382 e. The molecule has 7 rings (SSSR count). The van der Waals surface area contributed by atoms with Gasteiger partial charge in [-0.15, -0.1) is 0 Å². The van der Waals surface area contributed by atoms with E-state index in [1.807, 2.05) is 39.8 Å². The van der Waals surface area contributed by atoms with Gasteiger partial charge >= 0.3 is 0 Å². The van der Waals surface area contributed by atoms with Gasteiger partial charge in [-0.25, -0.2) is 0 Å². The quantitative estimate of drug-likeness (QED) is 0.348. The summed E-state index contributed by atoms with van der Waals surface area (Å²) in [4.78, 5) is 4.71. The highest BCUT2D eigenvalue weighted by Crippen LogP contribution is 2.23. The van der Waals surface area contributed by atoms with Crippen molar-refractivity contribution in [2.24, 2.45) is 0 Å².